The zero-order chi connectivity index (χ0) is 17.9. The highest BCUT2D eigenvalue weighted by Gasteiger charge is 2.29. The molecule has 2 aromatic rings. The summed E-state index contributed by atoms with van der Waals surface area (Å²) in [6, 6.07) is 14.5. The van der Waals surface area contributed by atoms with E-state index in [1.165, 1.54) is 28.7 Å². The molecule has 26 heavy (non-hydrogen) atoms. The monoisotopic (exact) mass is 402 g/mol. The van der Waals surface area contributed by atoms with Crippen LogP contribution in [0, 0.1) is 5.92 Å². The van der Waals surface area contributed by atoms with Gasteiger partial charge >= 0.3 is 0 Å². The summed E-state index contributed by atoms with van der Waals surface area (Å²) in [6.45, 7) is 1.93. The van der Waals surface area contributed by atoms with Crippen LogP contribution in [0.5, 0.6) is 0 Å². The highest BCUT2D eigenvalue weighted by atomic mass is 35.5. The Labute approximate surface area is 166 Å². The molecular formula is C20H19ClN2OS2. The standard InChI is InChI=1S/C20H19ClN2OS2/c21-18-7-6-16(25-18)13-17-19(24)22-20(26-17)23-10-8-15(9-11-23)12-14-4-2-1-3-5-14/h1-7,13,15H,8-12H2/b17-13+. The van der Waals surface area contributed by atoms with E-state index < -0.39 is 0 Å². The van der Waals surface area contributed by atoms with Crippen molar-refractivity contribution in [3.8, 4) is 0 Å². The molecular weight excluding hydrogens is 384 g/mol. The molecule has 134 valence electrons. The number of carbonyl (C=O) groups is 1. The highest BCUT2D eigenvalue weighted by Crippen LogP contribution is 2.34. The van der Waals surface area contributed by atoms with Crippen LogP contribution < -0.4 is 0 Å². The first kappa shape index (κ1) is 17.8. The van der Waals surface area contributed by atoms with Crippen LogP contribution in [-0.2, 0) is 11.2 Å². The molecule has 1 fully saturated rings. The average Bonchev–Trinajstić information content (AvgIpc) is 3.23. The van der Waals surface area contributed by atoms with Gasteiger partial charge in [-0.05, 0) is 60.7 Å². The van der Waals surface area contributed by atoms with Crippen molar-refractivity contribution in [3.05, 3.63) is 62.1 Å². The molecule has 0 aliphatic carbocycles. The topological polar surface area (TPSA) is 32.7 Å². The first-order chi connectivity index (χ1) is 12.7. The SMILES string of the molecule is O=C1N=C(N2CCC(Cc3ccccc3)CC2)S/C1=C/c1ccc(Cl)s1. The van der Waals surface area contributed by atoms with Crippen molar-refractivity contribution in [1.29, 1.82) is 0 Å². The number of thioether (sulfide) groups is 1. The zero-order valence-electron chi connectivity index (χ0n) is 14.2. The molecule has 3 nitrogen and oxygen atoms in total. The number of aliphatic imine (C=N–C) groups is 1. The van der Waals surface area contributed by atoms with Crippen LogP contribution in [0.3, 0.4) is 0 Å². The first-order valence-electron chi connectivity index (χ1n) is 8.74. The Hall–Kier alpha value is -1.56. The number of nitrogens with zero attached hydrogens (tertiary/aromatic N) is 2. The largest absolute Gasteiger partial charge is 0.351 e. The number of carbonyl (C=O) groups excluding carboxylic acids is 1. The van der Waals surface area contributed by atoms with E-state index >= 15 is 0 Å². The van der Waals surface area contributed by atoms with E-state index in [1.54, 1.807) is 0 Å². The molecule has 6 heteroatoms. The molecule has 1 saturated heterocycles. The van der Waals surface area contributed by atoms with E-state index in [4.69, 9.17) is 11.6 Å². The van der Waals surface area contributed by atoms with Gasteiger partial charge in [-0.2, -0.15) is 4.99 Å². The molecule has 4 rings (SSSR count). The van der Waals surface area contributed by atoms with E-state index in [2.05, 4.69) is 40.2 Å². The number of rotatable bonds is 3. The molecule has 2 aliphatic heterocycles. The second-order valence-corrected chi connectivity index (χ2v) is 9.33. The van der Waals surface area contributed by atoms with Crippen molar-refractivity contribution in [2.75, 3.05) is 13.1 Å². The van der Waals surface area contributed by atoms with E-state index in [0.717, 1.165) is 46.7 Å². The molecule has 0 saturated carbocycles. The minimum Gasteiger partial charge on any atom is -0.351 e. The summed E-state index contributed by atoms with van der Waals surface area (Å²) in [6.07, 6.45) is 5.31. The fraction of sp³-hybridized carbons (Fsp3) is 0.300. The number of halogens is 1. The fourth-order valence-corrected chi connectivity index (χ4v) is 5.38. The summed E-state index contributed by atoms with van der Waals surface area (Å²) in [7, 11) is 0. The molecule has 0 N–H and O–H groups in total. The van der Waals surface area contributed by atoms with Crippen LogP contribution in [0.25, 0.3) is 6.08 Å². The lowest BCUT2D eigenvalue weighted by Gasteiger charge is -2.32. The van der Waals surface area contributed by atoms with Crippen LogP contribution in [0.1, 0.15) is 23.3 Å². The van der Waals surface area contributed by atoms with Gasteiger partial charge in [-0.1, -0.05) is 41.9 Å². The zero-order valence-corrected chi connectivity index (χ0v) is 16.6. The number of thiophene rings is 1. The van der Waals surface area contributed by atoms with Gasteiger partial charge in [0.15, 0.2) is 5.17 Å². The molecule has 0 bridgehead atoms. The van der Waals surface area contributed by atoms with Crippen molar-refractivity contribution in [2.45, 2.75) is 19.3 Å². The summed E-state index contributed by atoms with van der Waals surface area (Å²) in [5.74, 6) is 0.570. The number of likely N-dealkylation sites (tertiary alicyclic amines) is 1. The maximum absolute atomic E-state index is 12.2. The van der Waals surface area contributed by atoms with Crippen LogP contribution in [-0.4, -0.2) is 29.1 Å². The van der Waals surface area contributed by atoms with Gasteiger partial charge in [0, 0.05) is 18.0 Å². The number of hydrogen-bond acceptors (Lipinski definition) is 4. The second kappa shape index (κ2) is 7.99. The molecule has 1 aromatic heterocycles. The maximum atomic E-state index is 12.2. The molecule has 0 spiro atoms. The van der Waals surface area contributed by atoms with Crippen LogP contribution in [0.2, 0.25) is 4.34 Å². The van der Waals surface area contributed by atoms with E-state index in [1.807, 2.05) is 18.2 Å². The average molecular weight is 403 g/mol. The minimum absolute atomic E-state index is 0.138. The molecule has 0 unspecified atom stereocenters. The molecule has 1 amide bonds. The third kappa shape index (κ3) is 4.22. The predicted octanol–water partition coefficient (Wildman–Crippen LogP) is 5.33. The van der Waals surface area contributed by atoms with Gasteiger partial charge in [-0.25, -0.2) is 0 Å². The fourth-order valence-electron chi connectivity index (χ4n) is 3.34. The smallest absolute Gasteiger partial charge is 0.286 e. The van der Waals surface area contributed by atoms with Gasteiger partial charge in [-0.3, -0.25) is 4.79 Å². The van der Waals surface area contributed by atoms with Crippen molar-refractivity contribution in [3.63, 3.8) is 0 Å². The van der Waals surface area contributed by atoms with Gasteiger partial charge in [0.05, 0.1) is 9.24 Å². The van der Waals surface area contributed by atoms with Crippen LogP contribution in [0.4, 0.5) is 0 Å². The van der Waals surface area contributed by atoms with Crippen LogP contribution in [0.15, 0.2) is 52.4 Å². The Bertz CT molecular complexity index is 852. The summed E-state index contributed by atoms with van der Waals surface area (Å²) in [5.41, 5.74) is 1.41. The summed E-state index contributed by atoms with van der Waals surface area (Å²) in [5, 5.41) is 0.849. The van der Waals surface area contributed by atoms with Gasteiger partial charge in [0.1, 0.15) is 0 Å². The summed E-state index contributed by atoms with van der Waals surface area (Å²) < 4.78 is 0.730. The van der Waals surface area contributed by atoms with Crippen molar-refractivity contribution < 1.29 is 4.79 Å². The van der Waals surface area contributed by atoms with E-state index in [-0.39, 0.29) is 5.91 Å². The van der Waals surface area contributed by atoms with Gasteiger partial charge in [-0.15, -0.1) is 11.3 Å². The quantitative estimate of drug-likeness (QED) is 0.650. The lowest BCUT2D eigenvalue weighted by atomic mass is 9.90. The third-order valence-corrected chi connectivity index (χ3v) is 6.95. The third-order valence-electron chi connectivity index (χ3n) is 4.73. The van der Waals surface area contributed by atoms with Crippen LogP contribution >= 0.6 is 34.7 Å². The lowest BCUT2D eigenvalue weighted by molar-refractivity contribution is -0.113. The van der Waals surface area contributed by atoms with Gasteiger partial charge < -0.3 is 4.90 Å². The van der Waals surface area contributed by atoms with E-state index in [9.17, 15) is 4.79 Å². The number of piperidine rings is 1. The second-order valence-electron chi connectivity index (χ2n) is 6.57. The number of amides is 1. The Kier molecular flexibility index (Phi) is 5.48. The predicted molar refractivity (Wildman–Crippen MR) is 112 cm³/mol. The summed E-state index contributed by atoms with van der Waals surface area (Å²) >= 11 is 8.92. The van der Waals surface area contributed by atoms with Crippen molar-refractivity contribution in [2.24, 2.45) is 10.9 Å². The van der Waals surface area contributed by atoms with Crippen molar-refractivity contribution in [1.82, 2.24) is 4.90 Å². The Morgan fingerprint density at radius 3 is 2.62 bits per heavy atom. The number of benzene rings is 1. The minimum atomic E-state index is -0.138. The summed E-state index contributed by atoms with van der Waals surface area (Å²) in [4.78, 5) is 20.4. The highest BCUT2D eigenvalue weighted by molar-refractivity contribution is 8.18. The number of hydrogen-bond donors (Lipinski definition) is 0. The Morgan fingerprint density at radius 1 is 1.15 bits per heavy atom. The molecule has 0 radical (unpaired) electrons. The lowest BCUT2D eigenvalue weighted by Crippen LogP contribution is -2.37. The molecule has 3 heterocycles. The van der Waals surface area contributed by atoms with Gasteiger partial charge in [0.25, 0.3) is 5.91 Å². The normalized spacial score (nSPS) is 20.0. The number of amidine groups is 1. The van der Waals surface area contributed by atoms with Gasteiger partial charge in [0.2, 0.25) is 0 Å². The first-order valence-corrected chi connectivity index (χ1v) is 10.8. The molecule has 1 aromatic carbocycles. The molecule has 0 atom stereocenters. The van der Waals surface area contributed by atoms with E-state index in [0.29, 0.717) is 10.8 Å². The Balaban J connectivity index is 1.34. The van der Waals surface area contributed by atoms with Crippen molar-refractivity contribution >= 4 is 51.9 Å². The maximum Gasteiger partial charge on any atom is 0.286 e. The Morgan fingerprint density at radius 2 is 1.92 bits per heavy atom. The molecule has 2 aliphatic rings.